The minimum atomic E-state index is -0.679. The van der Waals surface area contributed by atoms with Crippen molar-refractivity contribution in [1.82, 2.24) is 0 Å². The van der Waals surface area contributed by atoms with Gasteiger partial charge in [0, 0.05) is 11.6 Å². The summed E-state index contributed by atoms with van der Waals surface area (Å²) in [4.78, 5) is 23.8. The number of aromatic hydroxyl groups is 1. The molecule has 0 bridgehead atoms. The number of rotatable bonds is 9. The van der Waals surface area contributed by atoms with Crippen molar-refractivity contribution in [2.75, 3.05) is 24.8 Å². The number of aryl methyl sites for hydroxylation is 1. The van der Waals surface area contributed by atoms with E-state index < -0.39 is 18.2 Å². The van der Waals surface area contributed by atoms with Crippen molar-refractivity contribution in [3.8, 4) is 11.5 Å². The van der Waals surface area contributed by atoms with Crippen LogP contribution in [0, 0.1) is 12.8 Å². The molecule has 2 rings (SSSR count). The standard InChI is InChI=1S/C22H27NO6S/c1-14-4-7-17(8-5-14)23-22(26)29-21(15(2)10-11-28-20(25)13-30)16-6-9-19(27-3)18(24)12-16/h4-9,12,15,21,24,30H,10-11,13H2,1-3H3,(H,23,26)/t15-,21+/m0/s1. The predicted octanol–water partition coefficient (Wildman–Crippen LogP) is 4.50. The Labute approximate surface area is 181 Å². The largest absolute Gasteiger partial charge is 0.504 e. The monoisotopic (exact) mass is 433 g/mol. The van der Waals surface area contributed by atoms with E-state index in [0.29, 0.717) is 23.4 Å². The fourth-order valence-electron chi connectivity index (χ4n) is 2.85. The number of anilines is 1. The summed E-state index contributed by atoms with van der Waals surface area (Å²) in [5.74, 6) is -0.357. The smallest absolute Gasteiger partial charge is 0.412 e. The molecule has 30 heavy (non-hydrogen) atoms. The molecule has 0 aliphatic carbocycles. The van der Waals surface area contributed by atoms with Crippen LogP contribution in [0.4, 0.5) is 10.5 Å². The summed E-state index contributed by atoms with van der Waals surface area (Å²) in [6.45, 7) is 4.00. The molecule has 8 heteroatoms. The molecule has 0 saturated heterocycles. The molecule has 0 fully saturated rings. The maximum atomic E-state index is 12.5. The third kappa shape index (κ3) is 6.88. The normalized spacial score (nSPS) is 12.5. The number of amides is 1. The second-order valence-electron chi connectivity index (χ2n) is 6.89. The summed E-state index contributed by atoms with van der Waals surface area (Å²) < 4.78 is 15.8. The fraction of sp³-hybridized carbons (Fsp3) is 0.364. The summed E-state index contributed by atoms with van der Waals surface area (Å²) in [6, 6.07) is 12.2. The Hall–Kier alpha value is -2.87. The van der Waals surface area contributed by atoms with Gasteiger partial charge in [-0.15, -0.1) is 0 Å². The first-order valence-corrected chi connectivity index (χ1v) is 10.1. The van der Waals surface area contributed by atoms with Gasteiger partial charge in [-0.3, -0.25) is 10.1 Å². The van der Waals surface area contributed by atoms with Gasteiger partial charge in [0.25, 0.3) is 0 Å². The SMILES string of the molecule is COc1ccc([C@H](OC(=O)Nc2ccc(C)cc2)[C@@H](C)CCOC(=O)CS)cc1O. The average Bonchev–Trinajstić information content (AvgIpc) is 2.73. The molecule has 1 amide bonds. The summed E-state index contributed by atoms with van der Waals surface area (Å²) in [6.07, 6.45) is -0.852. The van der Waals surface area contributed by atoms with E-state index >= 15 is 0 Å². The van der Waals surface area contributed by atoms with E-state index in [1.807, 2.05) is 26.0 Å². The molecule has 0 saturated carbocycles. The van der Waals surface area contributed by atoms with Gasteiger partial charge in [-0.2, -0.15) is 12.6 Å². The zero-order valence-corrected chi connectivity index (χ0v) is 18.1. The van der Waals surface area contributed by atoms with Crippen LogP contribution in [-0.2, 0) is 14.3 Å². The van der Waals surface area contributed by atoms with Gasteiger partial charge in [-0.25, -0.2) is 4.79 Å². The Bertz CT molecular complexity index is 855. The Morgan fingerprint density at radius 2 is 1.87 bits per heavy atom. The Morgan fingerprint density at radius 3 is 2.47 bits per heavy atom. The maximum Gasteiger partial charge on any atom is 0.412 e. The third-order valence-corrected chi connectivity index (χ3v) is 4.80. The molecule has 2 aromatic carbocycles. The lowest BCUT2D eigenvalue weighted by Crippen LogP contribution is -2.23. The number of hydrogen-bond acceptors (Lipinski definition) is 7. The zero-order chi connectivity index (χ0) is 22.1. The van der Waals surface area contributed by atoms with E-state index in [1.54, 1.807) is 24.3 Å². The lowest BCUT2D eigenvalue weighted by molar-refractivity contribution is -0.141. The van der Waals surface area contributed by atoms with Crippen LogP contribution in [0.5, 0.6) is 11.5 Å². The number of esters is 1. The highest BCUT2D eigenvalue weighted by molar-refractivity contribution is 7.81. The highest BCUT2D eigenvalue weighted by Gasteiger charge is 2.25. The van der Waals surface area contributed by atoms with E-state index in [9.17, 15) is 14.7 Å². The number of ether oxygens (including phenoxy) is 3. The average molecular weight is 434 g/mol. The van der Waals surface area contributed by atoms with E-state index in [2.05, 4.69) is 17.9 Å². The van der Waals surface area contributed by atoms with Crippen LogP contribution in [0.3, 0.4) is 0 Å². The van der Waals surface area contributed by atoms with E-state index in [0.717, 1.165) is 5.56 Å². The molecule has 0 aromatic heterocycles. The first kappa shape index (κ1) is 23.4. The molecule has 0 aliphatic heterocycles. The molecule has 2 aromatic rings. The summed E-state index contributed by atoms with van der Waals surface area (Å²) >= 11 is 3.88. The van der Waals surface area contributed by atoms with Crippen LogP contribution in [0.2, 0.25) is 0 Å². The number of phenolic OH excluding ortho intramolecular Hbond substituents is 1. The molecule has 0 aliphatic rings. The number of hydrogen-bond donors (Lipinski definition) is 3. The van der Waals surface area contributed by atoms with Crippen LogP contribution in [0.1, 0.15) is 30.6 Å². The van der Waals surface area contributed by atoms with Gasteiger partial charge in [0.1, 0.15) is 6.10 Å². The highest BCUT2D eigenvalue weighted by Crippen LogP contribution is 2.34. The van der Waals surface area contributed by atoms with Gasteiger partial charge in [0.15, 0.2) is 11.5 Å². The lowest BCUT2D eigenvalue weighted by Gasteiger charge is -2.25. The second-order valence-corrected chi connectivity index (χ2v) is 7.21. The third-order valence-electron chi connectivity index (χ3n) is 4.55. The van der Waals surface area contributed by atoms with Gasteiger partial charge in [-0.05, 0) is 43.2 Å². The number of carbonyl (C=O) groups excluding carboxylic acids is 2. The molecule has 0 unspecified atom stereocenters. The molecule has 2 atom stereocenters. The van der Waals surface area contributed by atoms with Gasteiger partial charge < -0.3 is 19.3 Å². The van der Waals surface area contributed by atoms with Crippen molar-refractivity contribution in [2.45, 2.75) is 26.4 Å². The topological polar surface area (TPSA) is 94.1 Å². The van der Waals surface area contributed by atoms with Crippen molar-refractivity contribution in [3.63, 3.8) is 0 Å². The van der Waals surface area contributed by atoms with Crippen LogP contribution >= 0.6 is 12.6 Å². The van der Waals surface area contributed by atoms with Crippen LogP contribution in [-0.4, -0.2) is 36.6 Å². The molecule has 2 N–H and O–H groups in total. The summed E-state index contributed by atoms with van der Waals surface area (Å²) in [5.41, 5.74) is 2.28. The van der Waals surface area contributed by atoms with Crippen molar-refractivity contribution in [3.05, 3.63) is 53.6 Å². The van der Waals surface area contributed by atoms with Gasteiger partial charge in [-0.1, -0.05) is 30.7 Å². The first-order chi connectivity index (χ1) is 14.3. The lowest BCUT2D eigenvalue weighted by atomic mass is 9.94. The van der Waals surface area contributed by atoms with Gasteiger partial charge in [0.2, 0.25) is 0 Å². The predicted molar refractivity (Wildman–Crippen MR) is 117 cm³/mol. The Morgan fingerprint density at radius 1 is 1.17 bits per heavy atom. The maximum absolute atomic E-state index is 12.5. The molecule has 0 radical (unpaired) electrons. The second kappa shape index (κ2) is 11.3. The molecule has 162 valence electrons. The number of thiol groups is 1. The zero-order valence-electron chi connectivity index (χ0n) is 17.3. The quantitative estimate of drug-likeness (QED) is 0.398. The van der Waals surface area contributed by atoms with Crippen LogP contribution in [0.25, 0.3) is 0 Å². The van der Waals surface area contributed by atoms with Crippen LogP contribution in [0.15, 0.2) is 42.5 Å². The minimum Gasteiger partial charge on any atom is -0.504 e. The first-order valence-electron chi connectivity index (χ1n) is 9.51. The molecular formula is C22H27NO6S. The fourth-order valence-corrected chi connectivity index (χ4v) is 2.94. The van der Waals surface area contributed by atoms with Crippen molar-refractivity contribution in [2.24, 2.45) is 5.92 Å². The Balaban J connectivity index is 2.14. The van der Waals surface area contributed by atoms with Crippen molar-refractivity contribution >= 4 is 30.4 Å². The highest BCUT2D eigenvalue weighted by atomic mass is 32.1. The minimum absolute atomic E-state index is 0.000379. The number of carbonyl (C=O) groups is 2. The number of methoxy groups -OCH3 is 1. The van der Waals surface area contributed by atoms with E-state index in [-0.39, 0.29) is 24.0 Å². The number of phenols is 1. The molecule has 7 nitrogen and oxygen atoms in total. The number of nitrogens with one attached hydrogen (secondary N) is 1. The van der Waals surface area contributed by atoms with Gasteiger partial charge >= 0.3 is 12.1 Å². The van der Waals surface area contributed by atoms with E-state index in [4.69, 9.17) is 14.2 Å². The molecule has 0 spiro atoms. The van der Waals surface area contributed by atoms with Gasteiger partial charge in [0.05, 0.1) is 19.5 Å². The number of benzene rings is 2. The van der Waals surface area contributed by atoms with Crippen LogP contribution < -0.4 is 10.1 Å². The van der Waals surface area contributed by atoms with Crippen molar-refractivity contribution in [1.29, 1.82) is 0 Å². The Kier molecular flexibility index (Phi) is 8.86. The van der Waals surface area contributed by atoms with E-state index in [1.165, 1.54) is 13.2 Å². The molecular weight excluding hydrogens is 406 g/mol. The molecule has 0 heterocycles. The summed E-state index contributed by atoms with van der Waals surface area (Å²) in [5, 5.41) is 12.8. The summed E-state index contributed by atoms with van der Waals surface area (Å²) in [7, 11) is 1.45. The van der Waals surface area contributed by atoms with Crippen molar-refractivity contribution < 1.29 is 28.9 Å².